The average Bonchev–Trinajstić information content (AvgIpc) is 3.28. The number of ether oxygens (including phenoxy) is 2. The van der Waals surface area contributed by atoms with Crippen LogP contribution >= 0.6 is 23.5 Å². The lowest BCUT2D eigenvalue weighted by Gasteiger charge is -2.44. The molecule has 0 aromatic heterocycles. The number of esters is 2. The molecule has 1 saturated carbocycles. The van der Waals surface area contributed by atoms with Crippen molar-refractivity contribution in [3.63, 3.8) is 0 Å². The zero-order valence-corrected chi connectivity index (χ0v) is 44.8. The van der Waals surface area contributed by atoms with Crippen molar-refractivity contribution in [2.24, 2.45) is 0 Å². The number of carbonyl (C=O) groups excluding carboxylic acids is 3. The monoisotopic (exact) mass is 1070 g/mol. The normalized spacial score (nSPS) is 21.1. The Hall–Kier alpha value is -1.18. The summed E-state index contributed by atoms with van der Waals surface area (Å²) in [7, 11) is -16.6. The molecule has 8 N–H and O–H groups in total. The first-order valence-corrected chi connectivity index (χ1v) is 30.8. The van der Waals surface area contributed by atoms with Gasteiger partial charge in [0.25, 0.3) is 0 Å². The minimum Gasteiger partial charge on any atom is -0.466 e. The minimum atomic E-state index is -5.61. The number of Topliss-reactive ketones (excluding diaryl/α,β-unsaturated/α-hetero) is 1. The predicted octanol–water partition coefficient (Wildman–Crippen LogP) is 9.48. The van der Waals surface area contributed by atoms with Gasteiger partial charge >= 0.3 is 35.4 Å². The second-order valence-electron chi connectivity index (χ2n) is 18.8. The van der Waals surface area contributed by atoms with E-state index in [2.05, 4.69) is 16.0 Å². The molecule has 0 spiro atoms. The van der Waals surface area contributed by atoms with Crippen LogP contribution in [-0.2, 0) is 55.6 Å². The molecular formula is C47H91O20P3. The Morgan fingerprint density at radius 2 is 0.829 bits per heavy atom. The number of aliphatic hydroxyl groups is 3. The van der Waals surface area contributed by atoms with Crippen molar-refractivity contribution in [2.75, 3.05) is 13.2 Å². The number of aliphatic hydroxyl groups excluding tert-OH is 3. The molecule has 8 atom stereocenters. The highest BCUT2D eigenvalue weighted by atomic mass is 31.2. The van der Waals surface area contributed by atoms with Gasteiger partial charge in [-0.3, -0.25) is 32.5 Å². The predicted molar refractivity (Wildman–Crippen MR) is 262 cm³/mol. The van der Waals surface area contributed by atoms with Crippen LogP contribution in [0, 0.1) is 0 Å². The van der Waals surface area contributed by atoms with Crippen LogP contribution in [0.25, 0.3) is 0 Å². The quantitative estimate of drug-likeness (QED) is 0.0160. The Kier molecular flexibility index (Phi) is 37.5. The molecule has 0 aliphatic heterocycles. The van der Waals surface area contributed by atoms with Gasteiger partial charge in [0.15, 0.2) is 0 Å². The summed E-state index contributed by atoms with van der Waals surface area (Å²) in [6, 6.07) is 0. The molecule has 20 nitrogen and oxygen atoms in total. The number of hydrogen-bond donors (Lipinski definition) is 8. The second kappa shape index (κ2) is 39.3. The van der Waals surface area contributed by atoms with Crippen LogP contribution in [0.2, 0.25) is 0 Å². The van der Waals surface area contributed by atoms with Crippen molar-refractivity contribution in [1.82, 2.24) is 0 Å². The molecule has 0 aromatic carbocycles. The molecule has 0 aromatic rings. The number of hydrogen-bond acceptors (Lipinski definition) is 15. The van der Waals surface area contributed by atoms with Gasteiger partial charge in [0.1, 0.15) is 48.5 Å². The minimum absolute atomic E-state index is 0.0152. The summed E-state index contributed by atoms with van der Waals surface area (Å²) in [5.41, 5.74) is 0. The third-order valence-electron chi connectivity index (χ3n) is 12.3. The molecule has 70 heavy (non-hydrogen) atoms. The molecule has 0 heterocycles. The van der Waals surface area contributed by atoms with Crippen molar-refractivity contribution in [3.8, 4) is 0 Å². The first-order valence-electron chi connectivity index (χ1n) is 26.2. The third kappa shape index (κ3) is 35.1. The highest BCUT2D eigenvalue weighted by Crippen LogP contribution is 2.51. The SMILES string of the molecule is CCCCCCCCCCCCCCCC(=O)O[C@@H](COP(=O)(O)OC1C(O)[C@H](O)C(OP(=O)(O)O)[C@H](OP(=O)(O)O)[C@@H]1O)CC(=O)OCCCCCCCCCCCCCCCCCC(=O)CCC. The summed E-state index contributed by atoms with van der Waals surface area (Å²) in [5, 5.41) is 31.9. The van der Waals surface area contributed by atoms with Crippen molar-refractivity contribution in [2.45, 2.75) is 268 Å². The summed E-state index contributed by atoms with van der Waals surface area (Å²) < 4.78 is 65.6. The van der Waals surface area contributed by atoms with Gasteiger partial charge in [-0.2, -0.15) is 0 Å². The fraction of sp³-hybridized carbons (Fsp3) is 0.936. The number of ketones is 1. The molecule has 1 aliphatic rings. The zero-order valence-electron chi connectivity index (χ0n) is 42.1. The first-order chi connectivity index (χ1) is 33.2. The molecule has 1 fully saturated rings. The van der Waals surface area contributed by atoms with Gasteiger partial charge in [0.05, 0.1) is 19.6 Å². The maximum atomic E-state index is 13.1. The summed E-state index contributed by atoms with van der Waals surface area (Å²) in [4.78, 5) is 85.1. The van der Waals surface area contributed by atoms with E-state index < -0.39 is 91.2 Å². The molecule has 23 heteroatoms. The van der Waals surface area contributed by atoms with Crippen molar-refractivity contribution >= 4 is 41.2 Å². The van der Waals surface area contributed by atoms with Gasteiger partial charge in [0, 0.05) is 19.3 Å². The Labute approximate surface area is 417 Å². The Balaban J connectivity index is 2.63. The third-order valence-corrected chi connectivity index (χ3v) is 14.3. The number of rotatable bonds is 46. The Bertz CT molecular complexity index is 1530. The Morgan fingerprint density at radius 1 is 0.443 bits per heavy atom. The lowest BCUT2D eigenvalue weighted by Crippen LogP contribution is -2.65. The van der Waals surface area contributed by atoms with Crippen LogP contribution < -0.4 is 0 Å². The molecule has 4 unspecified atom stereocenters. The van der Waals surface area contributed by atoms with E-state index in [0.717, 1.165) is 89.9 Å². The van der Waals surface area contributed by atoms with Crippen molar-refractivity contribution < 1.29 is 95.4 Å². The largest absolute Gasteiger partial charge is 0.472 e. The van der Waals surface area contributed by atoms with Crippen LogP contribution in [0.3, 0.4) is 0 Å². The maximum absolute atomic E-state index is 13.1. The summed E-state index contributed by atoms with van der Waals surface area (Å²) in [5.74, 6) is -1.12. The van der Waals surface area contributed by atoms with E-state index in [1.165, 1.54) is 89.9 Å². The lowest BCUT2D eigenvalue weighted by atomic mass is 9.85. The number of unbranched alkanes of at least 4 members (excludes halogenated alkanes) is 26. The number of phosphoric acid groups is 3. The van der Waals surface area contributed by atoms with Crippen molar-refractivity contribution in [1.29, 1.82) is 0 Å². The molecule has 0 amide bonds. The summed E-state index contributed by atoms with van der Waals surface area (Å²) in [6.07, 6.45) is 16.0. The van der Waals surface area contributed by atoms with Gasteiger partial charge in [-0.25, -0.2) is 13.7 Å². The van der Waals surface area contributed by atoms with E-state index in [-0.39, 0.29) is 13.0 Å². The first kappa shape index (κ1) is 66.8. The number of carbonyl (C=O) groups is 3. The van der Waals surface area contributed by atoms with Crippen LogP contribution in [0.15, 0.2) is 0 Å². The van der Waals surface area contributed by atoms with Crippen LogP contribution in [0.1, 0.15) is 226 Å². The van der Waals surface area contributed by atoms with Gasteiger partial charge < -0.3 is 49.3 Å². The highest BCUT2D eigenvalue weighted by molar-refractivity contribution is 7.47. The Morgan fingerprint density at radius 3 is 1.26 bits per heavy atom. The number of phosphoric ester groups is 3. The van der Waals surface area contributed by atoms with Gasteiger partial charge in [-0.15, -0.1) is 0 Å². The molecule has 1 aliphatic carbocycles. The van der Waals surface area contributed by atoms with E-state index in [1.54, 1.807) is 0 Å². The van der Waals surface area contributed by atoms with Crippen LogP contribution in [0.4, 0.5) is 0 Å². The van der Waals surface area contributed by atoms with E-state index in [0.29, 0.717) is 25.0 Å². The summed E-state index contributed by atoms with van der Waals surface area (Å²) in [6.45, 7) is 3.38. The van der Waals surface area contributed by atoms with E-state index >= 15 is 0 Å². The molecule has 414 valence electrons. The highest BCUT2D eigenvalue weighted by Gasteiger charge is 2.56. The van der Waals surface area contributed by atoms with E-state index in [4.69, 9.17) is 18.5 Å². The zero-order chi connectivity index (χ0) is 52.3. The average molecular weight is 1070 g/mol. The van der Waals surface area contributed by atoms with Crippen molar-refractivity contribution in [3.05, 3.63) is 0 Å². The summed E-state index contributed by atoms with van der Waals surface area (Å²) >= 11 is 0. The lowest BCUT2D eigenvalue weighted by molar-refractivity contribution is -0.213. The topological polar surface area (TPSA) is 320 Å². The molecule has 1 rings (SSSR count). The fourth-order valence-corrected chi connectivity index (χ4v) is 10.5. The molecular weight excluding hydrogens is 977 g/mol. The van der Waals surface area contributed by atoms with E-state index in [1.807, 2.05) is 6.92 Å². The van der Waals surface area contributed by atoms with E-state index in [9.17, 15) is 67.9 Å². The standard InChI is InChI=1S/C47H91O20P3/c1-3-5-6-7-8-9-10-14-18-21-24-27-30-34-40(49)64-39(36-41(50)62-35-31-28-25-22-19-16-13-11-12-15-17-20-23-26-29-33-38(48)32-4-2)37-63-70(60,61)67-45-42(51)43(52)46(65-68(54,55)56)47(44(45)53)66-69(57,58)59/h39,42-47,51-53H,3-37H2,1-2H3,(H,60,61)(H2,54,55,56)(H2,57,58,59)/t39-,42?,43+,44-,45?,46?,47-/m1/s1. The fourth-order valence-electron chi connectivity index (χ4n) is 8.44. The van der Waals surface area contributed by atoms with Crippen LogP contribution in [0.5, 0.6) is 0 Å². The molecule has 0 saturated heterocycles. The molecule has 0 bridgehead atoms. The maximum Gasteiger partial charge on any atom is 0.472 e. The molecule has 0 radical (unpaired) electrons. The second-order valence-corrected chi connectivity index (χ2v) is 22.6. The van der Waals surface area contributed by atoms with Gasteiger partial charge in [-0.05, 0) is 25.7 Å². The van der Waals surface area contributed by atoms with Gasteiger partial charge in [-0.1, -0.05) is 174 Å². The van der Waals surface area contributed by atoms with Crippen LogP contribution in [-0.4, -0.2) is 113 Å². The van der Waals surface area contributed by atoms with Gasteiger partial charge in [0.2, 0.25) is 0 Å². The smallest absolute Gasteiger partial charge is 0.466 e.